The maximum atomic E-state index is 4.51. The van der Waals surface area contributed by atoms with Gasteiger partial charge < -0.3 is 5.32 Å². The summed E-state index contributed by atoms with van der Waals surface area (Å²) in [6.07, 6.45) is 2.03. The Morgan fingerprint density at radius 2 is 2.08 bits per heavy atom. The average molecular weight is 181 g/mol. The number of nitrogens with zero attached hydrogens (tertiary/aromatic N) is 2. The Labute approximate surface area is 80.1 Å². The monoisotopic (exact) mass is 181 g/mol. The van der Waals surface area contributed by atoms with Gasteiger partial charge in [-0.2, -0.15) is 5.10 Å². The minimum Gasteiger partial charge on any atom is -0.312 e. The molecule has 1 heterocycles. The third-order valence-corrected chi connectivity index (χ3v) is 2.17. The Bertz CT molecular complexity index is 270. The van der Waals surface area contributed by atoms with Gasteiger partial charge in [-0.3, -0.25) is 4.68 Å². The minimum atomic E-state index is 0.0751. The van der Waals surface area contributed by atoms with Crippen molar-refractivity contribution in [3.05, 3.63) is 18.0 Å². The van der Waals surface area contributed by atoms with Crippen LogP contribution in [0.4, 0.5) is 0 Å². The van der Waals surface area contributed by atoms with E-state index in [0.717, 1.165) is 5.69 Å². The van der Waals surface area contributed by atoms with Crippen LogP contribution in [0.2, 0.25) is 0 Å². The number of aromatic nitrogens is 2. The first-order valence-corrected chi connectivity index (χ1v) is 4.68. The molecule has 0 aliphatic carbocycles. The topological polar surface area (TPSA) is 29.9 Å². The fourth-order valence-corrected chi connectivity index (χ4v) is 1.09. The van der Waals surface area contributed by atoms with E-state index >= 15 is 0 Å². The van der Waals surface area contributed by atoms with Gasteiger partial charge in [0.05, 0.1) is 11.2 Å². The van der Waals surface area contributed by atoms with Crippen LogP contribution in [-0.2, 0) is 5.54 Å². The fourth-order valence-electron chi connectivity index (χ4n) is 1.09. The molecular formula is C10H19N3. The van der Waals surface area contributed by atoms with Crippen LogP contribution in [0.15, 0.2) is 12.3 Å². The van der Waals surface area contributed by atoms with Crippen molar-refractivity contribution in [1.29, 1.82) is 0 Å². The lowest BCUT2D eigenvalue weighted by Gasteiger charge is -2.19. The lowest BCUT2D eigenvalue weighted by atomic mass is 10.1. The Balaban J connectivity index is 2.87. The lowest BCUT2D eigenvalue weighted by molar-refractivity contribution is 0.351. The van der Waals surface area contributed by atoms with Crippen molar-refractivity contribution in [2.45, 2.75) is 39.3 Å². The second kappa shape index (κ2) is 3.50. The van der Waals surface area contributed by atoms with Crippen LogP contribution in [0, 0.1) is 0 Å². The molecule has 0 saturated carbocycles. The molecule has 0 saturated heterocycles. The number of hydrogen-bond donors (Lipinski definition) is 1. The van der Waals surface area contributed by atoms with Crippen LogP contribution in [0.5, 0.6) is 0 Å². The molecule has 0 amide bonds. The van der Waals surface area contributed by atoms with Crippen molar-refractivity contribution in [3.63, 3.8) is 0 Å². The second-order valence-electron chi connectivity index (χ2n) is 4.37. The van der Waals surface area contributed by atoms with Crippen LogP contribution in [0.3, 0.4) is 0 Å². The highest BCUT2D eigenvalue weighted by Crippen LogP contribution is 2.15. The summed E-state index contributed by atoms with van der Waals surface area (Å²) in [6, 6.07) is 2.38. The highest BCUT2D eigenvalue weighted by Gasteiger charge is 2.15. The SMILES string of the molecule is CNC(C)c1ccn(C(C)(C)C)n1. The highest BCUT2D eigenvalue weighted by molar-refractivity contribution is 5.05. The molecule has 3 nitrogen and oxygen atoms in total. The molecule has 0 fully saturated rings. The molecule has 0 aliphatic heterocycles. The first-order chi connectivity index (χ1) is 5.95. The summed E-state index contributed by atoms with van der Waals surface area (Å²) in [5.74, 6) is 0. The zero-order valence-corrected chi connectivity index (χ0v) is 9.13. The van der Waals surface area contributed by atoms with Gasteiger partial charge in [-0.15, -0.1) is 0 Å². The van der Waals surface area contributed by atoms with Crippen molar-refractivity contribution in [1.82, 2.24) is 15.1 Å². The van der Waals surface area contributed by atoms with Crippen molar-refractivity contribution in [3.8, 4) is 0 Å². The molecule has 0 aromatic carbocycles. The van der Waals surface area contributed by atoms with Gasteiger partial charge in [0.1, 0.15) is 0 Å². The minimum absolute atomic E-state index is 0.0751. The van der Waals surface area contributed by atoms with E-state index in [1.54, 1.807) is 0 Å². The summed E-state index contributed by atoms with van der Waals surface area (Å²) in [5, 5.41) is 7.68. The molecular weight excluding hydrogens is 162 g/mol. The van der Waals surface area contributed by atoms with Crippen LogP contribution in [0.1, 0.15) is 39.4 Å². The van der Waals surface area contributed by atoms with E-state index in [1.807, 2.05) is 17.9 Å². The van der Waals surface area contributed by atoms with Crippen LogP contribution < -0.4 is 5.32 Å². The van der Waals surface area contributed by atoms with E-state index in [-0.39, 0.29) is 5.54 Å². The van der Waals surface area contributed by atoms with E-state index in [1.165, 1.54) is 0 Å². The first-order valence-electron chi connectivity index (χ1n) is 4.68. The average Bonchev–Trinajstić information content (AvgIpc) is 2.50. The smallest absolute Gasteiger partial charge is 0.0791 e. The first kappa shape index (κ1) is 10.3. The second-order valence-corrected chi connectivity index (χ2v) is 4.37. The van der Waals surface area contributed by atoms with E-state index in [0.29, 0.717) is 6.04 Å². The van der Waals surface area contributed by atoms with E-state index in [2.05, 4.69) is 44.2 Å². The van der Waals surface area contributed by atoms with Gasteiger partial charge in [0, 0.05) is 12.2 Å². The van der Waals surface area contributed by atoms with Gasteiger partial charge >= 0.3 is 0 Å². The van der Waals surface area contributed by atoms with E-state index in [4.69, 9.17) is 0 Å². The van der Waals surface area contributed by atoms with Crippen LogP contribution >= 0.6 is 0 Å². The Morgan fingerprint density at radius 1 is 1.46 bits per heavy atom. The summed E-state index contributed by atoms with van der Waals surface area (Å²) in [7, 11) is 1.95. The van der Waals surface area contributed by atoms with Gasteiger partial charge in [0.2, 0.25) is 0 Å². The largest absolute Gasteiger partial charge is 0.312 e. The molecule has 13 heavy (non-hydrogen) atoms. The van der Waals surface area contributed by atoms with Crippen molar-refractivity contribution in [2.24, 2.45) is 0 Å². The van der Waals surface area contributed by atoms with Gasteiger partial charge in [-0.1, -0.05) is 0 Å². The molecule has 1 unspecified atom stereocenters. The number of nitrogens with one attached hydrogen (secondary N) is 1. The Morgan fingerprint density at radius 3 is 2.46 bits per heavy atom. The fraction of sp³-hybridized carbons (Fsp3) is 0.700. The van der Waals surface area contributed by atoms with E-state index < -0.39 is 0 Å². The third-order valence-electron chi connectivity index (χ3n) is 2.17. The molecule has 1 aromatic rings. The zero-order valence-electron chi connectivity index (χ0n) is 9.13. The number of rotatable bonds is 2. The third kappa shape index (κ3) is 2.31. The van der Waals surface area contributed by atoms with Gasteiger partial charge in [-0.05, 0) is 40.8 Å². The van der Waals surface area contributed by atoms with Crippen molar-refractivity contribution < 1.29 is 0 Å². The van der Waals surface area contributed by atoms with Crippen LogP contribution in [0.25, 0.3) is 0 Å². The maximum absolute atomic E-state index is 4.51. The molecule has 3 heteroatoms. The molecule has 0 aliphatic rings. The van der Waals surface area contributed by atoms with Gasteiger partial charge in [0.15, 0.2) is 0 Å². The molecule has 1 rings (SSSR count). The summed E-state index contributed by atoms with van der Waals surface area (Å²) < 4.78 is 2.00. The zero-order chi connectivity index (χ0) is 10.1. The molecule has 0 bridgehead atoms. The van der Waals surface area contributed by atoms with Crippen molar-refractivity contribution in [2.75, 3.05) is 7.05 Å². The lowest BCUT2D eigenvalue weighted by Crippen LogP contribution is -2.23. The summed E-state index contributed by atoms with van der Waals surface area (Å²) in [5.41, 5.74) is 1.17. The molecule has 1 N–H and O–H groups in total. The normalized spacial score (nSPS) is 14.5. The standard InChI is InChI=1S/C10H19N3/c1-8(11-5)9-6-7-13(12-9)10(2,3)4/h6-8,11H,1-5H3. The molecule has 0 radical (unpaired) electrons. The maximum Gasteiger partial charge on any atom is 0.0791 e. The Hall–Kier alpha value is -0.830. The summed E-state index contributed by atoms with van der Waals surface area (Å²) in [6.45, 7) is 8.55. The molecule has 1 atom stereocenters. The number of hydrogen-bond acceptors (Lipinski definition) is 2. The summed E-state index contributed by atoms with van der Waals surface area (Å²) >= 11 is 0. The van der Waals surface area contributed by atoms with Gasteiger partial charge in [0.25, 0.3) is 0 Å². The van der Waals surface area contributed by atoms with Crippen molar-refractivity contribution >= 4 is 0 Å². The van der Waals surface area contributed by atoms with Gasteiger partial charge in [-0.25, -0.2) is 0 Å². The molecule has 1 aromatic heterocycles. The molecule has 74 valence electrons. The van der Waals surface area contributed by atoms with Crippen LogP contribution in [-0.4, -0.2) is 16.8 Å². The van der Waals surface area contributed by atoms with E-state index in [9.17, 15) is 0 Å². The predicted molar refractivity (Wildman–Crippen MR) is 54.7 cm³/mol. The molecule has 0 spiro atoms. The Kier molecular flexibility index (Phi) is 2.76. The quantitative estimate of drug-likeness (QED) is 0.755. The predicted octanol–water partition coefficient (Wildman–Crippen LogP) is 1.92. The highest BCUT2D eigenvalue weighted by atomic mass is 15.3. The summed E-state index contributed by atoms with van der Waals surface area (Å²) in [4.78, 5) is 0.